The maximum absolute atomic E-state index is 12.8. The van der Waals surface area contributed by atoms with E-state index in [1.165, 1.54) is 12.8 Å². The molecule has 1 unspecified atom stereocenters. The summed E-state index contributed by atoms with van der Waals surface area (Å²) >= 11 is 6.24. The molecule has 3 fully saturated rings. The normalized spacial score (nSPS) is 23.1. The molecular weight excluding hydrogens is 370 g/mol. The van der Waals surface area contributed by atoms with Crippen molar-refractivity contribution in [3.05, 3.63) is 34.9 Å². The average Bonchev–Trinajstić information content (AvgIpc) is 2.68. The lowest BCUT2D eigenvalue weighted by Crippen LogP contribution is -2.59. The van der Waals surface area contributed by atoms with Crippen LogP contribution in [-0.2, 0) is 11.3 Å². The highest BCUT2D eigenvalue weighted by Crippen LogP contribution is 2.27. The number of nitrogens with one attached hydrogen (secondary N) is 1. The highest BCUT2D eigenvalue weighted by molar-refractivity contribution is 6.31. The molecular formula is C19H28ClN3O4. The summed E-state index contributed by atoms with van der Waals surface area (Å²) in [5, 5.41) is 19.9. The van der Waals surface area contributed by atoms with Crippen molar-refractivity contribution < 1.29 is 19.8 Å². The van der Waals surface area contributed by atoms with Gasteiger partial charge in [-0.3, -0.25) is 4.79 Å². The summed E-state index contributed by atoms with van der Waals surface area (Å²) < 4.78 is 0. The van der Waals surface area contributed by atoms with Gasteiger partial charge >= 0.3 is 6.03 Å². The van der Waals surface area contributed by atoms with Crippen LogP contribution in [0.3, 0.4) is 0 Å². The third kappa shape index (κ3) is 6.37. The molecule has 150 valence electrons. The standard InChI is InChI=1S/C18H26ClN3O2.CH2O2/c19-16-5-2-1-4-15(16)12-22(8-3-11-23)18(24)20-17-13-21-9-6-14(17)7-10-21;2-1-3/h1-2,4-5,14,17,23H,3,6-13H2,(H,20,24);1H,(H,2,3). The molecule has 3 aliphatic rings. The summed E-state index contributed by atoms with van der Waals surface area (Å²) in [6.45, 7) is 4.08. The molecule has 3 heterocycles. The Hall–Kier alpha value is -1.83. The van der Waals surface area contributed by atoms with Gasteiger partial charge in [0.2, 0.25) is 0 Å². The Kier molecular flexibility index (Phi) is 8.84. The molecule has 7 nitrogen and oxygen atoms in total. The topological polar surface area (TPSA) is 93.1 Å². The van der Waals surface area contributed by atoms with Gasteiger partial charge in [0, 0.05) is 37.3 Å². The van der Waals surface area contributed by atoms with Crippen LogP contribution in [0.15, 0.2) is 24.3 Å². The van der Waals surface area contributed by atoms with Crippen molar-refractivity contribution in [2.75, 3.05) is 32.8 Å². The summed E-state index contributed by atoms with van der Waals surface area (Å²) in [6.07, 6.45) is 2.91. The van der Waals surface area contributed by atoms with Gasteiger partial charge in [-0.2, -0.15) is 0 Å². The van der Waals surface area contributed by atoms with E-state index in [1.54, 1.807) is 4.90 Å². The highest BCUT2D eigenvalue weighted by Gasteiger charge is 2.35. The number of fused-ring (bicyclic) bond motifs is 3. The van der Waals surface area contributed by atoms with E-state index in [0.717, 1.165) is 25.2 Å². The molecule has 2 bridgehead atoms. The van der Waals surface area contributed by atoms with E-state index in [-0.39, 0.29) is 25.2 Å². The molecule has 1 atom stereocenters. The second-order valence-electron chi connectivity index (χ2n) is 6.89. The third-order valence-corrected chi connectivity index (χ3v) is 5.53. The minimum Gasteiger partial charge on any atom is -0.483 e. The Balaban J connectivity index is 0.000000817. The first-order chi connectivity index (χ1) is 13.1. The summed E-state index contributed by atoms with van der Waals surface area (Å²) in [7, 11) is 0. The molecule has 0 aromatic heterocycles. The molecule has 3 aliphatic heterocycles. The van der Waals surface area contributed by atoms with E-state index in [2.05, 4.69) is 10.2 Å². The van der Waals surface area contributed by atoms with Crippen LogP contribution in [-0.4, -0.2) is 71.3 Å². The van der Waals surface area contributed by atoms with E-state index in [1.807, 2.05) is 24.3 Å². The van der Waals surface area contributed by atoms with Gasteiger partial charge in [0.15, 0.2) is 0 Å². The summed E-state index contributed by atoms with van der Waals surface area (Å²) in [6, 6.07) is 7.78. The van der Waals surface area contributed by atoms with Crippen LogP contribution in [0.2, 0.25) is 5.02 Å². The van der Waals surface area contributed by atoms with Crippen LogP contribution in [0.25, 0.3) is 0 Å². The number of urea groups is 1. The van der Waals surface area contributed by atoms with Crippen molar-refractivity contribution in [3.63, 3.8) is 0 Å². The number of carbonyl (C=O) groups is 2. The van der Waals surface area contributed by atoms with Crippen LogP contribution >= 0.6 is 11.6 Å². The predicted molar refractivity (Wildman–Crippen MR) is 104 cm³/mol. The van der Waals surface area contributed by atoms with Gasteiger partial charge in [0.25, 0.3) is 6.47 Å². The predicted octanol–water partition coefficient (Wildman–Crippen LogP) is 2.03. The minimum absolute atomic E-state index is 0.0536. The van der Waals surface area contributed by atoms with Gasteiger partial charge in [-0.1, -0.05) is 29.8 Å². The molecule has 8 heteroatoms. The SMILES string of the molecule is O=C(NC1CN2CCC1CC2)N(CCCO)Cc1ccccc1Cl.O=CO. The van der Waals surface area contributed by atoms with Crippen LogP contribution < -0.4 is 5.32 Å². The van der Waals surface area contributed by atoms with E-state index in [0.29, 0.717) is 30.5 Å². The highest BCUT2D eigenvalue weighted by atomic mass is 35.5. The van der Waals surface area contributed by atoms with Crippen LogP contribution in [0.4, 0.5) is 4.79 Å². The van der Waals surface area contributed by atoms with Crippen molar-refractivity contribution >= 4 is 24.1 Å². The number of aliphatic hydroxyl groups excluding tert-OH is 1. The lowest BCUT2D eigenvalue weighted by atomic mass is 9.84. The van der Waals surface area contributed by atoms with E-state index in [4.69, 9.17) is 26.6 Å². The van der Waals surface area contributed by atoms with E-state index >= 15 is 0 Å². The number of amides is 2. The molecule has 3 N–H and O–H groups in total. The Morgan fingerprint density at radius 2 is 2.00 bits per heavy atom. The van der Waals surface area contributed by atoms with Crippen LogP contribution in [0, 0.1) is 5.92 Å². The van der Waals surface area contributed by atoms with Gasteiger partial charge in [-0.15, -0.1) is 0 Å². The first-order valence-corrected chi connectivity index (χ1v) is 9.66. The Bertz CT molecular complexity index is 608. The largest absolute Gasteiger partial charge is 0.483 e. The number of hydrogen-bond acceptors (Lipinski definition) is 4. The zero-order chi connectivity index (χ0) is 19.6. The number of hydrogen-bond donors (Lipinski definition) is 3. The quantitative estimate of drug-likeness (QED) is 0.638. The molecule has 3 saturated heterocycles. The number of aliphatic hydroxyl groups is 1. The zero-order valence-electron chi connectivity index (χ0n) is 15.4. The fourth-order valence-electron chi connectivity index (χ4n) is 3.72. The molecule has 27 heavy (non-hydrogen) atoms. The molecule has 4 rings (SSSR count). The van der Waals surface area contributed by atoms with Crippen molar-refractivity contribution in [1.29, 1.82) is 0 Å². The number of rotatable bonds is 6. The number of nitrogens with zero attached hydrogens (tertiary/aromatic N) is 2. The van der Waals surface area contributed by atoms with Gasteiger partial charge in [-0.05, 0) is 49.9 Å². The fourth-order valence-corrected chi connectivity index (χ4v) is 3.92. The molecule has 0 radical (unpaired) electrons. The molecule has 0 aliphatic carbocycles. The Morgan fingerprint density at radius 3 is 2.56 bits per heavy atom. The summed E-state index contributed by atoms with van der Waals surface area (Å²) in [5.74, 6) is 0.596. The number of halogens is 1. The average molecular weight is 398 g/mol. The lowest BCUT2D eigenvalue weighted by molar-refractivity contribution is -0.122. The van der Waals surface area contributed by atoms with Gasteiger partial charge in [-0.25, -0.2) is 4.79 Å². The fraction of sp³-hybridized carbons (Fsp3) is 0.579. The molecule has 0 spiro atoms. The third-order valence-electron chi connectivity index (χ3n) is 5.16. The van der Waals surface area contributed by atoms with E-state index in [9.17, 15) is 4.79 Å². The second-order valence-corrected chi connectivity index (χ2v) is 7.30. The van der Waals surface area contributed by atoms with Gasteiger partial charge in [0.1, 0.15) is 0 Å². The minimum atomic E-state index is -0.250. The van der Waals surface area contributed by atoms with Crippen molar-refractivity contribution in [1.82, 2.24) is 15.1 Å². The summed E-state index contributed by atoms with van der Waals surface area (Å²) in [5.41, 5.74) is 0.932. The Labute approximate surface area is 164 Å². The van der Waals surface area contributed by atoms with Gasteiger partial charge < -0.3 is 25.3 Å². The van der Waals surface area contributed by atoms with Crippen molar-refractivity contribution in [2.45, 2.75) is 31.8 Å². The first-order valence-electron chi connectivity index (χ1n) is 9.29. The van der Waals surface area contributed by atoms with E-state index < -0.39 is 0 Å². The van der Waals surface area contributed by atoms with Crippen LogP contribution in [0.1, 0.15) is 24.8 Å². The maximum atomic E-state index is 12.8. The zero-order valence-corrected chi connectivity index (χ0v) is 16.1. The summed E-state index contributed by atoms with van der Waals surface area (Å²) in [4.78, 5) is 25.3. The second kappa shape index (κ2) is 11.1. The molecule has 1 aromatic carbocycles. The number of piperidine rings is 3. The number of benzene rings is 1. The monoisotopic (exact) mass is 397 g/mol. The maximum Gasteiger partial charge on any atom is 0.317 e. The van der Waals surface area contributed by atoms with Crippen molar-refractivity contribution in [2.24, 2.45) is 5.92 Å². The number of carbonyl (C=O) groups excluding carboxylic acids is 1. The van der Waals surface area contributed by atoms with Crippen molar-refractivity contribution in [3.8, 4) is 0 Å². The number of carboxylic acid groups (broad SMARTS) is 1. The Morgan fingerprint density at radius 1 is 1.33 bits per heavy atom. The molecule has 1 aromatic rings. The van der Waals surface area contributed by atoms with Crippen LogP contribution in [0.5, 0.6) is 0 Å². The molecule has 0 saturated carbocycles. The smallest absolute Gasteiger partial charge is 0.317 e. The molecule has 2 amide bonds. The first kappa shape index (κ1) is 21.5. The van der Waals surface area contributed by atoms with Gasteiger partial charge in [0.05, 0.1) is 0 Å². The lowest BCUT2D eigenvalue weighted by Gasteiger charge is -2.45.